The van der Waals surface area contributed by atoms with Gasteiger partial charge in [-0.05, 0) is 70.2 Å². The van der Waals surface area contributed by atoms with Gasteiger partial charge in [0, 0.05) is 19.4 Å². The Kier molecular flexibility index (Phi) is 17.8. The number of halogens is 1. The molecular formula is C26H43FN2O2. The molecular weight excluding hydrogens is 391 g/mol. The molecule has 4 nitrogen and oxygen atoms in total. The normalized spacial score (nSPS) is 14.8. The first-order valence-electron chi connectivity index (χ1n) is 11.7. The van der Waals surface area contributed by atoms with Gasteiger partial charge < -0.3 is 9.84 Å². The minimum atomic E-state index is -1.08. The van der Waals surface area contributed by atoms with Crippen LogP contribution in [0.1, 0.15) is 91.9 Å². The third-order valence-electron chi connectivity index (χ3n) is 4.60. The third kappa shape index (κ3) is 13.9. The van der Waals surface area contributed by atoms with E-state index < -0.39 is 12.4 Å². The Morgan fingerprint density at radius 1 is 1.23 bits per heavy atom. The lowest BCUT2D eigenvalue weighted by Crippen LogP contribution is -2.31. The molecule has 0 saturated carbocycles. The zero-order valence-corrected chi connectivity index (χ0v) is 20.4. The van der Waals surface area contributed by atoms with Crippen molar-refractivity contribution >= 4 is 18.4 Å². The van der Waals surface area contributed by atoms with Crippen molar-refractivity contribution in [2.45, 2.75) is 92.5 Å². The number of hydrogen-bond donors (Lipinski definition) is 1. The third-order valence-corrected chi connectivity index (χ3v) is 4.60. The number of pyridine rings is 1. The first kappa shape index (κ1) is 29.1. The summed E-state index contributed by atoms with van der Waals surface area (Å²) in [5.41, 5.74) is 1.79. The Bertz CT molecular complexity index is 757. The lowest BCUT2D eigenvalue weighted by atomic mass is 10.1. The molecule has 2 unspecified atom stereocenters. The van der Waals surface area contributed by atoms with E-state index in [4.69, 9.17) is 4.74 Å². The van der Waals surface area contributed by atoms with Crippen LogP contribution in [0.5, 0.6) is 0 Å². The molecule has 1 aliphatic rings. The van der Waals surface area contributed by atoms with Crippen molar-refractivity contribution in [1.29, 1.82) is 0 Å². The summed E-state index contributed by atoms with van der Waals surface area (Å²) in [4.78, 5) is 8.12. The van der Waals surface area contributed by atoms with Gasteiger partial charge in [-0.25, -0.2) is 4.39 Å². The largest absolute Gasteiger partial charge is 0.387 e. The molecule has 0 aromatic carbocycles. The zero-order valence-electron chi connectivity index (χ0n) is 20.4. The number of unbranched alkanes of at least 4 members (excludes halogenated alkanes) is 2. The molecule has 2 atom stereocenters. The lowest BCUT2D eigenvalue weighted by molar-refractivity contribution is 0.136. The Morgan fingerprint density at radius 3 is 2.58 bits per heavy atom. The summed E-state index contributed by atoms with van der Waals surface area (Å²) in [7, 11) is 0. The van der Waals surface area contributed by atoms with Crippen LogP contribution in [0.25, 0.3) is 12.2 Å². The van der Waals surface area contributed by atoms with Gasteiger partial charge in [0.15, 0.2) is 6.30 Å². The summed E-state index contributed by atoms with van der Waals surface area (Å²) in [5.74, 6) is 0. The van der Waals surface area contributed by atoms with Crippen molar-refractivity contribution in [3.63, 3.8) is 0 Å². The lowest BCUT2D eigenvalue weighted by Gasteiger charge is -2.11. The molecule has 2 rings (SSSR count). The number of rotatable bonds is 10. The van der Waals surface area contributed by atoms with Gasteiger partial charge in [-0.1, -0.05) is 51.0 Å². The highest BCUT2D eigenvalue weighted by molar-refractivity contribution is 5.77. The van der Waals surface area contributed by atoms with Gasteiger partial charge in [-0.15, -0.1) is 0 Å². The predicted octanol–water partition coefficient (Wildman–Crippen LogP) is 5.43. The van der Waals surface area contributed by atoms with Crippen molar-refractivity contribution in [3.05, 3.63) is 40.0 Å². The van der Waals surface area contributed by atoms with Crippen molar-refractivity contribution < 1.29 is 14.2 Å². The van der Waals surface area contributed by atoms with Gasteiger partial charge in [0.05, 0.1) is 17.1 Å². The van der Waals surface area contributed by atoms with Crippen LogP contribution in [0.2, 0.25) is 0 Å². The monoisotopic (exact) mass is 434 g/mol. The van der Waals surface area contributed by atoms with Crippen molar-refractivity contribution in [2.75, 3.05) is 13.2 Å². The summed E-state index contributed by atoms with van der Waals surface area (Å²) in [6.45, 7) is 12.8. The second-order valence-electron chi connectivity index (χ2n) is 7.14. The van der Waals surface area contributed by atoms with E-state index in [2.05, 4.69) is 28.2 Å². The standard InChI is InChI=1S/C17H25NO2.C7H12FN.C2H6/c1-2-20-13-7-3-4-10-17(19)16-12-11-14-8-5-6-9-15(14)18-16;1-4-6(2)5-9-7(3)8;1-2/h8-9,11-12,17,19H,2-7,10,13H2,1H3;4-5,7H,1-3H3;1-2H3/b;6-4-,9-5-;. The van der Waals surface area contributed by atoms with Gasteiger partial charge in [0.1, 0.15) is 0 Å². The Labute approximate surface area is 188 Å². The van der Waals surface area contributed by atoms with Gasteiger partial charge >= 0.3 is 0 Å². The highest BCUT2D eigenvalue weighted by Gasteiger charge is 2.09. The van der Waals surface area contributed by atoms with Crippen LogP contribution in [0.4, 0.5) is 4.39 Å². The molecule has 0 amide bonds. The molecule has 1 heterocycles. The topological polar surface area (TPSA) is 54.7 Å². The van der Waals surface area contributed by atoms with E-state index >= 15 is 0 Å². The average molecular weight is 435 g/mol. The van der Waals surface area contributed by atoms with Gasteiger partial charge in [-0.3, -0.25) is 9.98 Å². The minimum Gasteiger partial charge on any atom is -0.387 e. The number of aliphatic hydroxyl groups is 1. The number of aliphatic hydroxyl groups excluding tert-OH is 1. The highest BCUT2D eigenvalue weighted by Crippen LogP contribution is 2.16. The first-order valence-corrected chi connectivity index (χ1v) is 11.7. The van der Waals surface area contributed by atoms with Crippen LogP contribution in [-0.2, 0) is 4.74 Å². The predicted molar refractivity (Wildman–Crippen MR) is 131 cm³/mol. The molecule has 5 heteroatoms. The van der Waals surface area contributed by atoms with Crippen molar-refractivity contribution in [1.82, 2.24) is 4.98 Å². The minimum absolute atomic E-state index is 0.442. The van der Waals surface area contributed by atoms with Crippen molar-refractivity contribution in [3.8, 4) is 0 Å². The zero-order chi connectivity index (χ0) is 23.5. The smallest absolute Gasteiger partial charge is 0.187 e. The van der Waals surface area contributed by atoms with Crippen LogP contribution in [0.3, 0.4) is 0 Å². The molecule has 0 aliphatic heterocycles. The number of hydrogen-bond acceptors (Lipinski definition) is 4. The van der Waals surface area contributed by atoms with Crippen LogP contribution < -0.4 is 10.6 Å². The summed E-state index contributed by atoms with van der Waals surface area (Å²) in [6, 6.07) is 4.03. The van der Waals surface area contributed by atoms with Crippen molar-refractivity contribution in [2.24, 2.45) is 4.99 Å². The summed E-state index contributed by atoms with van der Waals surface area (Å²) in [6.07, 6.45) is 12.4. The molecule has 0 bridgehead atoms. The van der Waals surface area contributed by atoms with Gasteiger partial charge in [0.2, 0.25) is 0 Å². The quantitative estimate of drug-likeness (QED) is 0.303. The van der Waals surface area contributed by atoms with E-state index in [0.29, 0.717) is 0 Å². The molecule has 1 aliphatic carbocycles. The van der Waals surface area contributed by atoms with E-state index in [1.807, 2.05) is 46.8 Å². The maximum Gasteiger partial charge on any atom is 0.187 e. The summed E-state index contributed by atoms with van der Waals surface area (Å²) >= 11 is 0. The fourth-order valence-electron chi connectivity index (χ4n) is 2.79. The fraction of sp³-hybridized carbons (Fsp3) is 0.615. The molecule has 176 valence electrons. The van der Waals surface area contributed by atoms with E-state index in [0.717, 1.165) is 68.4 Å². The molecule has 0 radical (unpaired) electrons. The molecule has 1 N–H and O–H groups in total. The van der Waals surface area contributed by atoms with E-state index in [1.54, 1.807) is 0 Å². The number of nitrogens with zero attached hydrogens (tertiary/aromatic N) is 2. The van der Waals surface area contributed by atoms with E-state index in [-0.39, 0.29) is 0 Å². The SMILES string of the molecule is C/C=C(C)\C=N/C(C)F.CC.CCOCCCCCC(O)c1ccc2c(n1)=CCCC=2. The Hall–Kier alpha value is -1.85. The van der Waals surface area contributed by atoms with Crippen LogP contribution in [0.15, 0.2) is 28.8 Å². The number of allylic oxidation sites excluding steroid dienone is 2. The summed E-state index contributed by atoms with van der Waals surface area (Å²) < 4.78 is 17.3. The molecule has 0 fully saturated rings. The van der Waals surface area contributed by atoms with Gasteiger partial charge in [0.25, 0.3) is 0 Å². The second-order valence-corrected chi connectivity index (χ2v) is 7.14. The Balaban J connectivity index is 0.000000692. The van der Waals surface area contributed by atoms with E-state index in [1.165, 1.54) is 18.4 Å². The maximum absolute atomic E-state index is 12.0. The number of aromatic nitrogens is 1. The Morgan fingerprint density at radius 2 is 1.94 bits per heavy atom. The summed E-state index contributed by atoms with van der Waals surface area (Å²) in [5, 5.41) is 12.4. The molecule has 1 aromatic heterocycles. The van der Waals surface area contributed by atoms with Crippen LogP contribution >= 0.6 is 0 Å². The number of ether oxygens (including phenoxy) is 1. The maximum atomic E-state index is 12.0. The van der Waals surface area contributed by atoms with Gasteiger partial charge in [-0.2, -0.15) is 0 Å². The fourth-order valence-corrected chi connectivity index (χ4v) is 2.79. The molecule has 0 saturated heterocycles. The average Bonchev–Trinajstić information content (AvgIpc) is 2.81. The number of aliphatic imine (C=N–C) groups is 1. The van der Waals surface area contributed by atoms with Crippen LogP contribution in [-0.4, -0.2) is 35.8 Å². The van der Waals surface area contributed by atoms with Crippen LogP contribution in [0, 0.1) is 0 Å². The molecule has 0 spiro atoms. The molecule has 31 heavy (non-hydrogen) atoms. The highest BCUT2D eigenvalue weighted by atomic mass is 19.1. The second kappa shape index (κ2) is 18.9. The van der Waals surface area contributed by atoms with E-state index in [9.17, 15) is 9.50 Å². The number of fused-ring (bicyclic) bond motifs is 1. The first-order chi connectivity index (χ1) is 15.0. The molecule has 1 aromatic rings. The number of alkyl halides is 1.